The number of methoxy groups -OCH3 is 3. The van der Waals surface area contributed by atoms with Crippen LogP contribution in [-0.4, -0.2) is 41.9 Å². The van der Waals surface area contributed by atoms with E-state index < -0.39 is 10.0 Å². The van der Waals surface area contributed by atoms with Crippen LogP contribution >= 0.6 is 11.8 Å². The molecule has 0 atom stereocenters. The van der Waals surface area contributed by atoms with Crippen molar-refractivity contribution in [3.63, 3.8) is 0 Å². The maximum absolute atomic E-state index is 12.9. The van der Waals surface area contributed by atoms with Gasteiger partial charge < -0.3 is 19.5 Å². The highest BCUT2D eigenvalue weighted by Crippen LogP contribution is 2.39. The molecule has 0 aromatic heterocycles. The Labute approximate surface area is 187 Å². The number of amides is 1. The minimum atomic E-state index is -3.86. The molecule has 10 heteroatoms. The molecule has 2 aromatic carbocycles. The molecule has 31 heavy (non-hydrogen) atoms. The quantitative estimate of drug-likeness (QED) is 0.514. The zero-order chi connectivity index (χ0) is 23.2. The van der Waals surface area contributed by atoms with Crippen LogP contribution in [0.1, 0.15) is 19.4 Å². The van der Waals surface area contributed by atoms with Gasteiger partial charge in [-0.3, -0.25) is 4.79 Å². The van der Waals surface area contributed by atoms with E-state index in [-0.39, 0.29) is 23.3 Å². The number of ether oxygens (including phenoxy) is 3. The first-order valence-corrected chi connectivity index (χ1v) is 12.2. The zero-order valence-electron chi connectivity index (χ0n) is 18.4. The van der Waals surface area contributed by atoms with Gasteiger partial charge >= 0.3 is 0 Å². The fourth-order valence-corrected chi connectivity index (χ4v) is 4.35. The van der Waals surface area contributed by atoms with Gasteiger partial charge in [0, 0.05) is 22.9 Å². The topological polar surface area (TPSA) is 103 Å². The lowest BCUT2D eigenvalue weighted by molar-refractivity contribution is -0.118. The van der Waals surface area contributed by atoms with Gasteiger partial charge in [-0.1, -0.05) is 19.9 Å². The number of benzene rings is 2. The monoisotopic (exact) mass is 468 g/mol. The van der Waals surface area contributed by atoms with Crippen molar-refractivity contribution >= 4 is 33.4 Å². The molecule has 2 N–H and O–H groups in total. The molecule has 2 aromatic rings. The van der Waals surface area contributed by atoms with Crippen molar-refractivity contribution < 1.29 is 27.4 Å². The summed E-state index contributed by atoms with van der Waals surface area (Å²) < 4.78 is 44.4. The minimum Gasteiger partial charge on any atom is -0.493 e. The van der Waals surface area contributed by atoms with Crippen molar-refractivity contribution in [2.75, 3.05) is 32.9 Å². The van der Waals surface area contributed by atoms with E-state index in [0.717, 1.165) is 4.90 Å². The summed E-state index contributed by atoms with van der Waals surface area (Å²) in [5.74, 6) is 0.819. The maximum atomic E-state index is 12.9. The molecule has 0 heterocycles. The lowest BCUT2D eigenvalue weighted by atomic mass is 10.1. The highest BCUT2D eigenvalue weighted by atomic mass is 32.2. The Morgan fingerprint density at radius 3 is 2.26 bits per heavy atom. The second-order valence-electron chi connectivity index (χ2n) is 6.82. The molecule has 0 bridgehead atoms. The van der Waals surface area contributed by atoms with E-state index in [1.165, 1.54) is 45.2 Å². The van der Waals surface area contributed by atoms with Gasteiger partial charge in [0.05, 0.1) is 31.9 Å². The number of sulfonamides is 1. The van der Waals surface area contributed by atoms with Crippen molar-refractivity contribution in [2.45, 2.75) is 30.2 Å². The number of carbonyl (C=O) groups is 1. The third kappa shape index (κ3) is 5.84. The molecule has 170 valence electrons. The maximum Gasteiger partial charge on any atom is 0.240 e. The van der Waals surface area contributed by atoms with Crippen LogP contribution < -0.4 is 24.2 Å². The molecule has 0 fully saturated rings. The smallest absolute Gasteiger partial charge is 0.240 e. The standard InChI is InChI=1S/C21H28N2O6S2/c1-13(2)21(24)23-16-11-15(8-10-18(16)30-6)31(25,26)22-12-14-7-9-17(27-3)20(29-5)19(14)28-4/h7-11,13,22H,12H2,1-6H3,(H,23,24). The van der Waals surface area contributed by atoms with Gasteiger partial charge in [-0.2, -0.15) is 0 Å². The first-order chi connectivity index (χ1) is 14.7. The van der Waals surface area contributed by atoms with Crippen LogP contribution in [0, 0.1) is 5.92 Å². The molecule has 0 saturated heterocycles. The molecule has 0 saturated carbocycles. The highest BCUT2D eigenvalue weighted by molar-refractivity contribution is 7.98. The average molecular weight is 469 g/mol. The lowest BCUT2D eigenvalue weighted by Crippen LogP contribution is -2.24. The largest absolute Gasteiger partial charge is 0.493 e. The molecule has 0 spiro atoms. The molecule has 2 rings (SSSR count). The van der Waals surface area contributed by atoms with Crippen molar-refractivity contribution in [2.24, 2.45) is 5.92 Å². The number of carbonyl (C=O) groups excluding carboxylic acids is 1. The second-order valence-corrected chi connectivity index (χ2v) is 9.44. The SMILES string of the molecule is COc1ccc(CNS(=O)(=O)c2ccc(SC)c(NC(=O)C(C)C)c2)c(OC)c1OC. The molecule has 1 amide bonds. The van der Waals surface area contributed by atoms with Gasteiger partial charge in [-0.15, -0.1) is 11.8 Å². The van der Waals surface area contributed by atoms with E-state index >= 15 is 0 Å². The van der Waals surface area contributed by atoms with Crippen LogP contribution in [0.4, 0.5) is 5.69 Å². The lowest BCUT2D eigenvalue weighted by Gasteiger charge is -2.17. The van der Waals surface area contributed by atoms with Gasteiger partial charge in [0.15, 0.2) is 11.5 Å². The molecule has 0 radical (unpaired) electrons. The highest BCUT2D eigenvalue weighted by Gasteiger charge is 2.21. The number of hydrogen-bond donors (Lipinski definition) is 2. The first-order valence-electron chi connectivity index (χ1n) is 9.44. The van der Waals surface area contributed by atoms with Crippen LogP contribution in [0.2, 0.25) is 0 Å². The predicted molar refractivity (Wildman–Crippen MR) is 122 cm³/mol. The Kier molecular flexibility index (Phi) is 8.60. The molecular formula is C21H28N2O6S2. The van der Waals surface area contributed by atoms with Gasteiger partial charge in [0.2, 0.25) is 21.7 Å². The summed E-state index contributed by atoms with van der Waals surface area (Å²) in [6.07, 6.45) is 1.86. The van der Waals surface area contributed by atoms with Gasteiger partial charge in [-0.25, -0.2) is 13.1 Å². The van der Waals surface area contributed by atoms with Crippen molar-refractivity contribution in [1.29, 1.82) is 0 Å². The van der Waals surface area contributed by atoms with Gasteiger partial charge in [0.25, 0.3) is 0 Å². The Balaban J connectivity index is 2.32. The second kappa shape index (κ2) is 10.7. The molecule has 0 aliphatic heterocycles. The fourth-order valence-electron chi connectivity index (χ4n) is 2.79. The minimum absolute atomic E-state index is 0.0240. The average Bonchev–Trinajstić information content (AvgIpc) is 2.76. The molecule has 8 nitrogen and oxygen atoms in total. The van der Waals surface area contributed by atoms with Gasteiger partial charge in [-0.05, 0) is 30.5 Å². The van der Waals surface area contributed by atoms with Crippen LogP contribution in [-0.2, 0) is 21.4 Å². The summed E-state index contributed by atoms with van der Waals surface area (Å²) in [6.45, 7) is 3.52. The van der Waals surface area contributed by atoms with E-state index in [0.29, 0.717) is 28.5 Å². The number of nitrogens with one attached hydrogen (secondary N) is 2. The van der Waals surface area contributed by atoms with Crippen LogP contribution in [0.25, 0.3) is 0 Å². The summed E-state index contributed by atoms with van der Waals surface area (Å²) in [4.78, 5) is 12.9. The van der Waals surface area contributed by atoms with Crippen LogP contribution in [0.5, 0.6) is 17.2 Å². The number of thioether (sulfide) groups is 1. The fraction of sp³-hybridized carbons (Fsp3) is 0.381. The van der Waals surface area contributed by atoms with Crippen LogP contribution in [0.15, 0.2) is 40.1 Å². The van der Waals surface area contributed by atoms with Crippen molar-refractivity contribution in [1.82, 2.24) is 4.72 Å². The molecule has 0 aliphatic carbocycles. The number of anilines is 1. The number of rotatable bonds is 10. The van der Waals surface area contributed by atoms with Crippen LogP contribution in [0.3, 0.4) is 0 Å². The summed E-state index contributed by atoms with van der Waals surface area (Å²) in [7, 11) is 0.600. The van der Waals surface area contributed by atoms with Gasteiger partial charge in [0.1, 0.15) is 0 Å². The van der Waals surface area contributed by atoms with E-state index in [1.54, 1.807) is 32.0 Å². The van der Waals surface area contributed by atoms with E-state index in [9.17, 15) is 13.2 Å². The van der Waals surface area contributed by atoms with E-state index in [4.69, 9.17) is 14.2 Å². The first kappa shape index (κ1) is 24.8. The Morgan fingerprint density at radius 2 is 1.71 bits per heavy atom. The number of hydrogen-bond acceptors (Lipinski definition) is 7. The normalized spacial score (nSPS) is 11.3. The predicted octanol–water partition coefficient (Wildman–Crippen LogP) is 3.51. The molecule has 0 aliphatic rings. The third-order valence-corrected chi connectivity index (χ3v) is 6.70. The Morgan fingerprint density at radius 1 is 1.03 bits per heavy atom. The summed E-state index contributed by atoms with van der Waals surface area (Å²) >= 11 is 1.42. The zero-order valence-corrected chi connectivity index (χ0v) is 20.1. The van der Waals surface area contributed by atoms with Crippen molar-refractivity contribution in [3.05, 3.63) is 35.9 Å². The molecule has 0 unspecified atom stereocenters. The van der Waals surface area contributed by atoms with E-state index in [2.05, 4.69) is 10.0 Å². The third-order valence-electron chi connectivity index (χ3n) is 4.50. The summed E-state index contributed by atoms with van der Waals surface area (Å²) in [6, 6.07) is 8.02. The summed E-state index contributed by atoms with van der Waals surface area (Å²) in [5, 5.41) is 2.79. The molecular weight excluding hydrogens is 440 g/mol. The van der Waals surface area contributed by atoms with E-state index in [1.807, 2.05) is 6.26 Å². The Hall–Kier alpha value is -2.43. The Bertz CT molecular complexity index is 1040. The van der Waals surface area contributed by atoms with Crippen molar-refractivity contribution in [3.8, 4) is 17.2 Å². The summed E-state index contributed by atoms with van der Waals surface area (Å²) in [5.41, 5.74) is 1.04.